The minimum Gasteiger partial charge on any atom is -0.462 e. The first kappa shape index (κ1) is 7.61. The molecule has 1 aliphatic rings. The highest BCUT2D eigenvalue weighted by Crippen LogP contribution is 2.17. The molecule has 1 fully saturated rings. The van der Waals surface area contributed by atoms with Crippen LogP contribution in [0.1, 0.15) is 12.8 Å². The molecule has 2 rings (SSSR count). The summed E-state index contributed by atoms with van der Waals surface area (Å²) in [6.07, 6.45) is 5.54. The Morgan fingerprint density at radius 3 is 3.25 bits per heavy atom. The lowest BCUT2D eigenvalue weighted by Crippen LogP contribution is -2.13. The fourth-order valence-corrected chi connectivity index (χ4v) is 1.25. The average Bonchev–Trinajstić information content (AvgIpc) is 2.63. The van der Waals surface area contributed by atoms with Gasteiger partial charge in [-0.3, -0.25) is 4.68 Å². The Morgan fingerprint density at radius 2 is 2.67 bits per heavy atom. The number of ether oxygens (including phenoxy) is 2. The van der Waals surface area contributed by atoms with Gasteiger partial charge in [0, 0.05) is 13.5 Å². The first-order chi connectivity index (χ1) is 5.84. The molecule has 1 saturated heterocycles. The summed E-state index contributed by atoms with van der Waals surface area (Å²) in [6.45, 7) is 0.810. The summed E-state index contributed by atoms with van der Waals surface area (Å²) < 4.78 is 12.5. The van der Waals surface area contributed by atoms with Gasteiger partial charge in [-0.25, -0.2) is 0 Å². The van der Waals surface area contributed by atoms with Crippen molar-refractivity contribution >= 4 is 0 Å². The van der Waals surface area contributed by atoms with Gasteiger partial charge in [0.1, 0.15) is 0 Å². The Hall–Kier alpha value is -1.03. The third kappa shape index (κ3) is 1.58. The molecule has 4 heteroatoms. The molecule has 1 atom stereocenters. The van der Waals surface area contributed by atoms with Gasteiger partial charge in [0.05, 0.1) is 19.0 Å². The van der Waals surface area contributed by atoms with Crippen molar-refractivity contribution in [2.45, 2.75) is 19.1 Å². The Morgan fingerprint density at radius 1 is 1.75 bits per heavy atom. The van der Waals surface area contributed by atoms with Crippen molar-refractivity contribution in [3.8, 4) is 5.75 Å². The molecule has 0 radical (unpaired) electrons. The molecule has 0 spiro atoms. The SMILES string of the molecule is Cn1cc(OC2CCCO2)cn1. The molecule has 0 aromatic carbocycles. The van der Waals surface area contributed by atoms with Crippen LogP contribution >= 0.6 is 0 Å². The van der Waals surface area contributed by atoms with E-state index in [0.717, 1.165) is 25.2 Å². The maximum absolute atomic E-state index is 5.49. The third-order valence-corrected chi connectivity index (χ3v) is 1.84. The average molecular weight is 168 g/mol. The summed E-state index contributed by atoms with van der Waals surface area (Å²) in [5.41, 5.74) is 0. The largest absolute Gasteiger partial charge is 0.462 e. The number of aromatic nitrogens is 2. The molecule has 1 aromatic heterocycles. The summed E-state index contributed by atoms with van der Waals surface area (Å²) in [7, 11) is 1.86. The minimum absolute atomic E-state index is 0.0609. The van der Waals surface area contributed by atoms with Crippen LogP contribution in [-0.2, 0) is 11.8 Å². The molecule has 0 aliphatic carbocycles. The molecule has 1 aliphatic heterocycles. The van der Waals surface area contributed by atoms with E-state index in [0.29, 0.717) is 0 Å². The summed E-state index contributed by atoms with van der Waals surface area (Å²) in [6, 6.07) is 0. The van der Waals surface area contributed by atoms with E-state index >= 15 is 0 Å². The van der Waals surface area contributed by atoms with Crippen LogP contribution in [0, 0.1) is 0 Å². The van der Waals surface area contributed by atoms with Crippen LogP contribution in [0.3, 0.4) is 0 Å². The molecule has 4 nitrogen and oxygen atoms in total. The van der Waals surface area contributed by atoms with Crippen LogP contribution in [-0.4, -0.2) is 22.7 Å². The lowest BCUT2D eigenvalue weighted by Gasteiger charge is -2.09. The van der Waals surface area contributed by atoms with Crippen LogP contribution in [0.2, 0.25) is 0 Å². The molecule has 0 bridgehead atoms. The highest BCUT2D eigenvalue weighted by Gasteiger charge is 2.17. The van der Waals surface area contributed by atoms with Crippen molar-refractivity contribution in [1.82, 2.24) is 9.78 Å². The highest BCUT2D eigenvalue weighted by molar-refractivity contribution is 5.11. The first-order valence-corrected chi connectivity index (χ1v) is 4.11. The number of hydrogen-bond acceptors (Lipinski definition) is 3. The first-order valence-electron chi connectivity index (χ1n) is 4.11. The van der Waals surface area contributed by atoms with Crippen LogP contribution < -0.4 is 4.74 Å². The predicted octanol–water partition coefficient (Wildman–Crippen LogP) is 0.935. The molecule has 1 unspecified atom stereocenters. The van der Waals surface area contributed by atoms with E-state index < -0.39 is 0 Å². The number of hydrogen-bond donors (Lipinski definition) is 0. The van der Waals surface area contributed by atoms with Gasteiger partial charge in [-0.2, -0.15) is 5.10 Å². The second-order valence-corrected chi connectivity index (χ2v) is 2.91. The molecule has 0 amide bonds. The van der Waals surface area contributed by atoms with Gasteiger partial charge in [-0.15, -0.1) is 0 Å². The zero-order chi connectivity index (χ0) is 8.39. The Kier molecular flexibility index (Phi) is 1.99. The van der Waals surface area contributed by atoms with Gasteiger partial charge < -0.3 is 9.47 Å². The molecule has 0 saturated carbocycles. The van der Waals surface area contributed by atoms with Gasteiger partial charge in [-0.1, -0.05) is 0 Å². The maximum atomic E-state index is 5.49. The fraction of sp³-hybridized carbons (Fsp3) is 0.625. The lowest BCUT2D eigenvalue weighted by atomic mass is 10.4. The maximum Gasteiger partial charge on any atom is 0.200 e. The summed E-state index contributed by atoms with van der Waals surface area (Å²) >= 11 is 0. The van der Waals surface area contributed by atoms with Gasteiger partial charge in [0.15, 0.2) is 12.0 Å². The zero-order valence-corrected chi connectivity index (χ0v) is 7.06. The van der Waals surface area contributed by atoms with Crippen molar-refractivity contribution in [2.24, 2.45) is 7.05 Å². The van der Waals surface area contributed by atoms with E-state index in [9.17, 15) is 0 Å². The van der Waals surface area contributed by atoms with E-state index in [1.807, 2.05) is 13.2 Å². The van der Waals surface area contributed by atoms with Crippen molar-refractivity contribution in [3.05, 3.63) is 12.4 Å². The van der Waals surface area contributed by atoms with Gasteiger partial charge in [0.25, 0.3) is 0 Å². The number of aryl methyl sites for hydroxylation is 1. The van der Waals surface area contributed by atoms with E-state index in [4.69, 9.17) is 9.47 Å². The predicted molar refractivity (Wildman–Crippen MR) is 42.8 cm³/mol. The van der Waals surface area contributed by atoms with Crippen LogP contribution in [0.5, 0.6) is 5.75 Å². The standard InChI is InChI=1S/C8H12N2O2/c1-10-6-7(5-9-10)12-8-3-2-4-11-8/h5-6,8H,2-4H2,1H3. The topological polar surface area (TPSA) is 36.3 Å². The lowest BCUT2D eigenvalue weighted by molar-refractivity contribution is -0.0390. The third-order valence-electron chi connectivity index (χ3n) is 1.84. The van der Waals surface area contributed by atoms with Crippen LogP contribution in [0.15, 0.2) is 12.4 Å². The number of nitrogens with zero attached hydrogens (tertiary/aromatic N) is 2. The van der Waals surface area contributed by atoms with Crippen molar-refractivity contribution in [1.29, 1.82) is 0 Å². The fourth-order valence-electron chi connectivity index (χ4n) is 1.25. The monoisotopic (exact) mass is 168 g/mol. The van der Waals surface area contributed by atoms with Gasteiger partial charge in [-0.05, 0) is 6.42 Å². The number of rotatable bonds is 2. The molecule has 2 heterocycles. The molecular formula is C8H12N2O2. The molecular weight excluding hydrogens is 156 g/mol. The summed E-state index contributed by atoms with van der Waals surface area (Å²) in [4.78, 5) is 0. The smallest absolute Gasteiger partial charge is 0.200 e. The van der Waals surface area contributed by atoms with Crippen LogP contribution in [0.4, 0.5) is 0 Å². The normalized spacial score (nSPS) is 22.9. The van der Waals surface area contributed by atoms with Crippen molar-refractivity contribution in [2.75, 3.05) is 6.61 Å². The second-order valence-electron chi connectivity index (χ2n) is 2.91. The zero-order valence-electron chi connectivity index (χ0n) is 7.06. The minimum atomic E-state index is -0.0609. The van der Waals surface area contributed by atoms with Crippen LogP contribution in [0.25, 0.3) is 0 Å². The Bertz CT molecular complexity index is 253. The highest BCUT2D eigenvalue weighted by atomic mass is 16.7. The van der Waals surface area contributed by atoms with Gasteiger partial charge in [0.2, 0.25) is 0 Å². The van der Waals surface area contributed by atoms with Crippen molar-refractivity contribution in [3.63, 3.8) is 0 Å². The Labute approximate surface area is 71.1 Å². The quantitative estimate of drug-likeness (QED) is 0.659. The summed E-state index contributed by atoms with van der Waals surface area (Å²) in [5.74, 6) is 0.782. The molecule has 1 aromatic rings. The van der Waals surface area contributed by atoms with E-state index in [2.05, 4.69) is 5.10 Å². The molecule has 12 heavy (non-hydrogen) atoms. The van der Waals surface area contributed by atoms with E-state index in [1.54, 1.807) is 10.9 Å². The second kappa shape index (κ2) is 3.15. The molecule has 66 valence electrons. The summed E-state index contributed by atoms with van der Waals surface area (Å²) in [5, 5.41) is 3.99. The van der Waals surface area contributed by atoms with E-state index in [-0.39, 0.29) is 6.29 Å². The Balaban J connectivity index is 1.94. The van der Waals surface area contributed by atoms with Gasteiger partial charge >= 0.3 is 0 Å². The van der Waals surface area contributed by atoms with Crippen molar-refractivity contribution < 1.29 is 9.47 Å². The molecule has 0 N–H and O–H groups in total. The van der Waals surface area contributed by atoms with E-state index in [1.165, 1.54) is 0 Å².